The lowest BCUT2D eigenvalue weighted by Gasteiger charge is -2.22. The average molecular weight is 471 g/mol. The number of hydrogen-bond acceptors (Lipinski definition) is 7. The lowest BCUT2D eigenvalue weighted by atomic mass is 10.3. The van der Waals surface area contributed by atoms with E-state index in [0.29, 0.717) is 42.5 Å². The maximum atomic E-state index is 13.3. The van der Waals surface area contributed by atoms with Crippen LogP contribution in [0.1, 0.15) is 24.2 Å². The number of rotatable bonds is 4. The van der Waals surface area contributed by atoms with Crippen molar-refractivity contribution < 1.29 is 26.3 Å². The molecule has 1 fully saturated rings. The number of sulfonamides is 2. The predicted octanol–water partition coefficient (Wildman–Crippen LogP) is 1.27. The quantitative estimate of drug-likeness (QED) is 0.714. The van der Waals surface area contributed by atoms with Crippen LogP contribution in [0.2, 0.25) is 0 Å². The molecule has 170 valence electrons. The van der Waals surface area contributed by atoms with Gasteiger partial charge in [-0.25, -0.2) is 16.8 Å². The first kappa shape index (κ1) is 22.1. The molecule has 0 radical (unpaired) electrons. The molecule has 12 heteroatoms. The van der Waals surface area contributed by atoms with E-state index in [0.717, 1.165) is 6.42 Å². The van der Waals surface area contributed by atoms with Crippen molar-refractivity contribution in [3.8, 4) is 11.5 Å². The van der Waals surface area contributed by atoms with Crippen LogP contribution >= 0.6 is 0 Å². The number of H-pyrrole nitrogens is 1. The zero-order chi connectivity index (χ0) is 22.2. The van der Waals surface area contributed by atoms with Crippen LogP contribution in [0.3, 0.4) is 0 Å². The van der Waals surface area contributed by atoms with Gasteiger partial charge in [0.2, 0.25) is 20.0 Å². The number of ether oxygens (including phenoxy) is 2. The molecule has 0 amide bonds. The highest BCUT2D eigenvalue weighted by atomic mass is 32.2. The highest BCUT2D eigenvalue weighted by Crippen LogP contribution is 2.33. The molecule has 0 aliphatic carbocycles. The molecular weight excluding hydrogens is 444 g/mol. The van der Waals surface area contributed by atoms with E-state index in [1.54, 1.807) is 19.9 Å². The van der Waals surface area contributed by atoms with Crippen molar-refractivity contribution in [2.24, 2.45) is 0 Å². The molecule has 4 rings (SSSR count). The van der Waals surface area contributed by atoms with Gasteiger partial charge in [-0.1, -0.05) is 0 Å². The summed E-state index contributed by atoms with van der Waals surface area (Å²) in [5, 5.41) is 6.67. The van der Waals surface area contributed by atoms with E-state index in [-0.39, 0.29) is 36.0 Å². The summed E-state index contributed by atoms with van der Waals surface area (Å²) in [4.78, 5) is 0.265. The Morgan fingerprint density at radius 2 is 1.52 bits per heavy atom. The lowest BCUT2D eigenvalue weighted by Crippen LogP contribution is -2.37. The SMILES string of the molecule is Cc1n[nH]c(C)c1S(=O)(=O)N1CCCN(S(=O)(=O)c2ccc3c(c2)OCCCO3)CC1. The van der Waals surface area contributed by atoms with E-state index in [1.807, 2.05) is 0 Å². The van der Waals surface area contributed by atoms with Gasteiger partial charge in [-0.2, -0.15) is 13.7 Å². The topological polar surface area (TPSA) is 122 Å². The summed E-state index contributed by atoms with van der Waals surface area (Å²) in [6, 6.07) is 4.58. The van der Waals surface area contributed by atoms with E-state index < -0.39 is 20.0 Å². The smallest absolute Gasteiger partial charge is 0.246 e. The molecule has 0 unspecified atom stereocenters. The minimum absolute atomic E-state index is 0.0615. The van der Waals surface area contributed by atoms with Crippen molar-refractivity contribution in [3.05, 3.63) is 29.6 Å². The van der Waals surface area contributed by atoms with Crippen LogP contribution < -0.4 is 9.47 Å². The Morgan fingerprint density at radius 1 is 0.871 bits per heavy atom. The molecule has 0 atom stereocenters. The molecule has 0 saturated carbocycles. The van der Waals surface area contributed by atoms with Crippen molar-refractivity contribution in [1.29, 1.82) is 0 Å². The van der Waals surface area contributed by atoms with Gasteiger partial charge < -0.3 is 9.47 Å². The maximum Gasteiger partial charge on any atom is 0.246 e. The number of aryl methyl sites for hydroxylation is 2. The van der Waals surface area contributed by atoms with E-state index in [4.69, 9.17) is 9.47 Å². The van der Waals surface area contributed by atoms with Gasteiger partial charge in [-0.3, -0.25) is 5.10 Å². The monoisotopic (exact) mass is 470 g/mol. The molecule has 1 aromatic carbocycles. The summed E-state index contributed by atoms with van der Waals surface area (Å²) in [5.74, 6) is 0.930. The summed E-state index contributed by atoms with van der Waals surface area (Å²) in [6.45, 7) is 4.86. The Balaban J connectivity index is 1.55. The van der Waals surface area contributed by atoms with Gasteiger partial charge in [0.25, 0.3) is 0 Å². The second-order valence-electron chi connectivity index (χ2n) is 7.58. The molecule has 31 heavy (non-hydrogen) atoms. The van der Waals surface area contributed by atoms with Gasteiger partial charge in [0.1, 0.15) is 4.90 Å². The van der Waals surface area contributed by atoms with Crippen molar-refractivity contribution in [3.63, 3.8) is 0 Å². The normalized spacial score (nSPS) is 19.0. The number of aromatic amines is 1. The number of aromatic nitrogens is 2. The third-order valence-electron chi connectivity index (χ3n) is 5.43. The minimum Gasteiger partial charge on any atom is -0.490 e. The molecular formula is C19H26N4O6S2. The van der Waals surface area contributed by atoms with Crippen LogP contribution in [0, 0.1) is 13.8 Å². The first-order valence-electron chi connectivity index (χ1n) is 10.1. The fourth-order valence-corrected chi connectivity index (χ4v) is 7.14. The van der Waals surface area contributed by atoms with E-state index in [1.165, 1.54) is 20.7 Å². The maximum absolute atomic E-state index is 13.3. The van der Waals surface area contributed by atoms with Crippen LogP contribution in [0.25, 0.3) is 0 Å². The van der Waals surface area contributed by atoms with Crippen molar-refractivity contribution in [2.45, 2.75) is 36.5 Å². The highest BCUT2D eigenvalue weighted by molar-refractivity contribution is 7.89. The van der Waals surface area contributed by atoms with Crippen LogP contribution in [-0.4, -0.2) is 75.0 Å². The zero-order valence-electron chi connectivity index (χ0n) is 17.5. The molecule has 1 aromatic heterocycles. The first-order chi connectivity index (χ1) is 14.7. The van der Waals surface area contributed by atoms with Gasteiger partial charge >= 0.3 is 0 Å². The van der Waals surface area contributed by atoms with Crippen molar-refractivity contribution in [1.82, 2.24) is 18.8 Å². The molecule has 1 saturated heterocycles. The van der Waals surface area contributed by atoms with Crippen LogP contribution in [0.5, 0.6) is 11.5 Å². The number of nitrogens with zero attached hydrogens (tertiary/aromatic N) is 3. The average Bonchev–Trinajstić information content (AvgIpc) is 2.95. The molecule has 2 aromatic rings. The molecule has 10 nitrogen and oxygen atoms in total. The summed E-state index contributed by atoms with van der Waals surface area (Å²) in [7, 11) is -7.58. The van der Waals surface area contributed by atoms with Crippen molar-refractivity contribution in [2.75, 3.05) is 39.4 Å². The number of benzene rings is 1. The first-order valence-corrected chi connectivity index (χ1v) is 13.0. The third-order valence-corrected chi connectivity index (χ3v) is 9.49. The second kappa shape index (κ2) is 8.41. The molecule has 3 heterocycles. The molecule has 2 aliphatic heterocycles. The van der Waals surface area contributed by atoms with Gasteiger partial charge in [-0.05, 0) is 32.4 Å². The summed E-state index contributed by atoms with van der Waals surface area (Å²) < 4.78 is 66.6. The molecule has 2 aliphatic rings. The fourth-order valence-electron chi connectivity index (χ4n) is 3.85. The van der Waals surface area contributed by atoms with E-state index in [9.17, 15) is 16.8 Å². The summed E-state index contributed by atoms with van der Waals surface area (Å²) in [5.41, 5.74) is 0.872. The standard InChI is InChI=1S/C19H26N4O6S2/c1-14-19(15(2)21-20-14)31(26,27)23-8-3-7-22(9-10-23)30(24,25)16-5-6-17-18(13-16)29-12-4-11-28-17/h5-6,13H,3-4,7-12H2,1-2H3,(H,20,21). The van der Waals surface area contributed by atoms with Crippen LogP contribution in [0.4, 0.5) is 0 Å². The van der Waals surface area contributed by atoms with Gasteiger partial charge in [0.15, 0.2) is 11.5 Å². The van der Waals surface area contributed by atoms with Crippen molar-refractivity contribution >= 4 is 20.0 Å². The van der Waals surface area contributed by atoms with E-state index >= 15 is 0 Å². The molecule has 0 bridgehead atoms. The van der Waals surface area contributed by atoms with Crippen LogP contribution in [-0.2, 0) is 20.0 Å². The summed E-state index contributed by atoms with van der Waals surface area (Å²) in [6.07, 6.45) is 1.11. The second-order valence-corrected chi connectivity index (χ2v) is 11.4. The third kappa shape index (κ3) is 4.16. The Bertz CT molecular complexity index is 1160. The molecule has 1 N–H and O–H groups in total. The Labute approximate surface area is 182 Å². The number of nitrogens with one attached hydrogen (secondary N) is 1. The Morgan fingerprint density at radius 3 is 2.16 bits per heavy atom. The largest absolute Gasteiger partial charge is 0.490 e. The molecule has 0 spiro atoms. The highest BCUT2D eigenvalue weighted by Gasteiger charge is 2.34. The number of hydrogen-bond donors (Lipinski definition) is 1. The van der Waals surface area contributed by atoms with Crippen LogP contribution in [0.15, 0.2) is 28.0 Å². The van der Waals surface area contributed by atoms with E-state index in [2.05, 4.69) is 10.2 Å². The fraction of sp³-hybridized carbons (Fsp3) is 0.526. The minimum atomic E-state index is -3.81. The summed E-state index contributed by atoms with van der Waals surface area (Å²) >= 11 is 0. The zero-order valence-corrected chi connectivity index (χ0v) is 19.1. The Hall–Kier alpha value is -2.15. The van der Waals surface area contributed by atoms with Gasteiger partial charge in [0, 0.05) is 38.7 Å². The Kier molecular flexibility index (Phi) is 5.99. The van der Waals surface area contributed by atoms with Gasteiger partial charge in [-0.15, -0.1) is 0 Å². The lowest BCUT2D eigenvalue weighted by molar-refractivity contribution is 0.296. The predicted molar refractivity (Wildman–Crippen MR) is 112 cm³/mol. The van der Waals surface area contributed by atoms with Gasteiger partial charge in [0.05, 0.1) is 29.5 Å². The number of fused-ring (bicyclic) bond motifs is 1.